The first-order chi connectivity index (χ1) is 16.1. The van der Waals surface area contributed by atoms with Gasteiger partial charge in [0.15, 0.2) is 0 Å². The molecule has 0 saturated heterocycles. The molecule has 3 aromatic heterocycles. The first-order valence-electron chi connectivity index (χ1n) is 11.0. The van der Waals surface area contributed by atoms with Crippen LogP contribution in [0.15, 0.2) is 78.8 Å². The number of nitrogen functional groups attached to an aromatic ring is 1. The molecule has 33 heavy (non-hydrogen) atoms. The zero-order valence-corrected chi connectivity index (χ0v) is 18.2. The predicted octanol–water partition coefficient (Wildman–Crippen LogP) is 5.82. The van der Waals surface area contributed by atoms with Gasteiger partial charge in [0, 0.05) is 34.8 Å². The third-order valence-corrected chi connectivity index (χ3v) is 6.53. The topological polar surface area (TPSA) is 89.3 Å². The molecule has 0 bridgehead atoms. The molecule has 1 saturated carbocycles. The molecule has 6 nitrogen and oxygen atoms in total. The summed E-state index contributed by atoms with van der Waals surface area (Å²) in [7, 11) is 0. The van der Waals surface area contributed by atoms with Crippen LogP contribution in [0.2, 0.25) is 0 Å². The van der Waals surface area contributed by atoms with E-state index < -0.39 is 0 Å². The van der Waals surface area contributed by atoms with E-state index in [4.69, 9.17) is 15.7 Å². The maximum atomic E-state index is 9.29. The Balaban J connectivity index is 1.52. The molecular formula is C27H23N5O. The Labute approximate surface area is 191 Å². The van der Waals surface area contributed by atoms with Crippen LogP contribution in [0.5, 0.6) is 0 Å². The van der Waals surface area contributed by atoms with Crippen molar-refractivity contribution in [2.75, 3.05) is 5.73 Å². The van der Waals surface area contributed by atoms with Crippen molar-refractivity contribution >= 4 is 22.2 Å². The molecule has 1 aliphatic carbocycles. The van der Waals surface area contributed by atoms with Gasteiger partial charge in [0.05, 0.1) is 17.5 Å². The highest BCUT2D eigenvalue weighted by molar-refractivity contribution is 5.92. The molecule has 3 N–H and O–H groups in total. The van der Waals surface area contributed by atoms with Crippen LogP contribution in [0.4, 0.5) is 5.82 Å². The minimum absolute atomic E-state index is 0.247. The SMILES string of the molecule is Cc1cc(-c2ccccc2)nc2cc(-c3nc(C4CC(=CO)C4)n4ccnc(N)c34)ccc12. The summed E-state index contributed by atoms with van der Waals surface area (Å²) in [5.74, 6) is 1.64. The van der Waals surface area contributed by atoms with E-state index in [-0.39, 0.29) is 5.92 Å². The van der Waals surface area contributed by atoms with Gasteiger partial charge in [-0.15, -0.1) is 0 Å². The maximum Gasteiger partial charge on any atom is 0.150 e. The first-order valence-corrected chi connectivity index (χ1v) is 11.0. The fourth-order valence-electron chi connectivity index (χ4n) is 4.74. The zero-order valence-electron chi connectivity index (χ0n) is 18.2. The monoisotopic (exact) mass is 433 g/mol. The molecule has 0 spiro atoms. The van der Waals surface area contributed by atoms with E-state index in [2.05, 4.69) is 48.3 Å². The maximum absolute atomic E-state index is 9.29. The number of aliphatic hydroxyl groups excluding tert-OH is 1. The summed E-state index contributed by atoms with van der Waals surface area (Å²) in [4.78, 5) is 14.3. The average Bonchev–Trinajstić information content (AvgIpc) is 3.19. The fraction of sp³-hybridized carbons (Fsp3) is 0.148. The Bertz CT molecular complexity index is 1540. The number of aliphatic hydroxyl groups is 1. The van der Waals surface area contributed by atoms with Crippen molar-refractivity contribution in [2.45, 2.75) is 25.7 Å². The molecule has 5 aromatic rings. The van der Waals surface area contributed by atoms with Crippen LogP contribution in [-0.4, -0.2) is 24.5 Å². The van der Waals surface area contributed by atoms with Crippen LogP contribution < -0.4 is 5.73 Å². The van der Waals surface area contributed by atoms with Gasteiger partial charge in [-0.2, -0.15) is 0 Å². The molecule has 6 heteroatoms. The highest BCUT2D eigenvalue weighted by Gasteiger charge is 2.30. The molecule has 1 fully saturated rings. The number of pyridine rings is 1. The lowest BCUT2D eigenvalue weighted by Gasteiger charge is -2.27. The van der Waals surface area contributed by atoms with Crippen molar-refractivity contribution in [3.63, 3.8) is 0 Å². The number of fused-ring (bicyclic) bond motifs is 2. The number of hydrogen-bond donors (Lipinski definition) is 2. The number of hydrogen-bond acceptors (Lipinski definition) is 5. The summed E-state index contributed by atoms with van der Waals surface area (Å²) in [6.07, 6.45) is 6.43. The van der Waals surface area contributed by atoms with Crippen molar-refractivity contribution in [3.05, 3.63) is 90.2 Å². The number of aryl methyl sites for hydroxylation is 1. The average molecular weight is 434 g/mol. The standard InChI is InChI=1S/C27H23N5O/c1-16-11-22(18-5-3-2-4-6-18)30-23-14-19(7-8-21(16)23)24-25-26(28)29-9-10-32(25)27(31-24)20-12-17(13-20)15-33/h2-11,14-15,20,33H,12-13H2,1H3,(H2,28,29). The number of rotatable bonds is 3. The van der Waals surface area contributed by atoms with Gasteiger partial charge in [-0.25, -0.2) is 15.0 Å². The molecule has 162 valence electrons. The number of imidazole rings is 1. The highest BCUT2D eigenvalue weighted by atomic mass is 16.2. The number of allylic oxidation sites excluding steroid dienone is 1. The summed E-state index contributed by atoms with van der Waals surface area (Å²) in [6, 6.07) is 18.6. The van der Waals surface area contributed by atoms with Gasteiger partial charge in [-0.05, 0) is 43.0 Å². The summed E-state index contributed by atoms with van der Waals surface area (Å²) in [5.41, 5.74) is 14.1. The molecule has 0 radical (unpaired) electrons. The minimum atomic E-state index is 0.247. The van der Waals surface area contributed by atoms with Gasteiger partial charge in [-0.1, -0.05) is 42.5 Å². The second-order valence-corrected chi connectivity index (χ2v) is 8.66. The van der Waals surface area contributed by atoms with Crippen LogP contribution in [0.3, 0.4) is 0 Å². The van der Waals surface area contributed by atoms with Gasteiger partial charge in [0.1, 0.15) is 22.9 Å². The molecular weight excluding hydrogens is 410 g/mol. The quantitative estimate of drug-likeness (QED) is 0.350. The second-order valence-electron chi connectivity index (χ2n) is 8.66. The lowest BCUT2D eigenvalue weighted by molar-refractivity contribution is 0.426. The van der Waals surface area contributed by atoms with Gasteiger partial charge in [-0.3, -0.25) is 4.40 Å². The molecule has 0 amide bonds. The van der Waals surface area contributed by atoms with E-state index in [0.29, 0.717) is 5.82 Å². The Morgan fingerprint density at radius 1 is 1.03 bits per heavy atom. The lowest BCUT2D eigenvalue weighted by atomic mass is 9.80. The third-order valence-electron chi connectivity index (χ3n) is 6.53. The molecule has 0 atom stereocenters. The summed E-state index contributed by atoms with van der Waals surface area (Å²) < 4.78 is 2.04. The largest absolute Gasteiger partial charge is 0.516 e. The molecule has 0 unspecified atom stereocenters. The van der Waals surface area contributed by atoms with Crippen molar-refractivity contribution < 1.29 is 5.11 Å². The van der Waals surface area contributed by atoms with Crippen LogP contribution in [0.1, 0.15) is 30.1 Å². The van der Waals surface area contributed by atoms with E-state index in [0.717, 1.165) is 63.2 Å². The minimum Gasteiger partial charge on any atom is -0.516 e. The second kappa shape index (κ2) is 7.45. The molecule has 1 aliphatic rings. The number of benzene rings is 2. The van der Waals surface area contributed by atoms with Crippen LogP contribution >= 0.6 is 0 Å². The Morgan fingerprint density at radius 2 is 1.85 bits per heavy atom. The number of nitrogens with zero attached hydrogens (tertiary/aromatic N) is 4. The van der Waals surface area contributed by atoms with E-state index in [1.807, 2.05) is 28.8 Å². The summed E-state index contributed by atoms with van der Waals surface area (Å²) >= 11 is 0. The molecule has 2 aromatic carbocycles. The number of aromatic nitrogens is 4. The predicted molar refractivity (Wildman–Crippen MR) is 131 cm³/mol. The van der Waals surface area contributed by atoms with E-state index >= 15 is 0 Å². The van der Waals surface area contributed by atoms with Crippen molar-refractivity contribution in [1.29, 1.82) is 0 Å². The van der Waals surface area contributed by atoms with Gasteiger partial charge in [0.25, 0.3) is 0 Å². The highest BCUT2D eigenvalue weighted by Crippen LogP contribution is 2.42. The number of anilines is 1. The smallest absolute Gasteiger partial charge is 0.150 e. The Kier molecular flexibility index (Phi) is 4.40. The lowest BCUT2D eigenvalue weighted by Crippen LogP contribution is -2.16. The van der Waals surface area contributed by atoms with E-state index in [9.17, 15) is 5.11 Å². The number of nitrogens with two attached hydrogens (primary N) is 1. The van der Waals surface area contributed by atoms with Gasteiger partial charge < -0.3 is 10.8 Å². The van der Waals surface area contributed by atoms with Crippen LogP contribution in [0.25, 0.3) is 38.9 Å². The zero-order chi connectivity index (χ0) is 22.5. The van der Waals surface area contributed by atoms with Gasteiger partial charge in [0.2, 0.25) is 0 Å². The first kappa shape index (κ1) is 19.5. The molecule has 3 heterocycles. The molecule has 6 rings (SSSR count). The normalized spacial score (nSPS) is 15.7. The van der Waals surface area contributed by atoms with Crippen molar-refractivity contribution in [1.82, 2.24) is 19.4 Å². The summed E-state index contributed by atoms with van der Waals surface area (Å²) in [5, 5.41) is 10.4. The Hall–Kier alpha value is -4.19. The van der Waals surface area contributed by atoms with Crippen molar-refractivity contribution in [2.24, 2.45) is 0 Å². The van der Waals surface area contributed by atoms with E-state index in [1.165, 1.54) is 11.8 Å². The van der Waals surface area contributed by atoms with Crippen LogP contribution in [0, 0.1) is 6.92 Å². The van der Waals surface area contributed by atoms with Gasteiger partial charge >= 0.3 is 0 Å². The van der Waals surface area contributed by atoms with Crippen LogP contribution in [-0.2, 0) is 0 Å². The molecule has 0 aliphatic heterocycles. The van der Waals surface area contributed by atoms with Crippen molar-refractivity contribution in [3.8, 4) is 22.5 Å². The third kappa shape index (κ3) is 3.14. The van der Waals surface area contributed by atoms with E-state index in [1.54, 1.807) is 6.20 Å². The summed E-state index contributed by atoms with van der Waals surface area (Å²) in [6.45, 7) is 2.12. The Morgan fingerprint density at radius 3 is 2.64 bits per heavy atom. The fourth-order valence-corrected chi connectivity index (χ4v) is 4.74.